The first-order valence-electron chi connectivity index (χ1n) is 7.99. The number of carbonyl (C=O) groups is 1. The third kappa shape index (κ3) is 3.20. The van der Waals surface area contributed by atoms with Crippen LogP contribution in [-0.4, -0.2) is 73.3 Å². The Bertz CT molecular complexity index is 614. The Kier molecular flexibility index (Phi) is 4.58. The number of carbonyl (C=O) groups excluding carboxylic acids is 1. The van der Waals surface area contributed by atoms with Gasteiger partial charge in [-0.1, -0.05) is 0 Å². The zero-order valence-corrected chi connectivity index (χ0v) is 13.7. The van der Waals surface area contributed by atoms with Gasteiger partial charge in [0, 0.05) is 32.7 Å². The second kappa shape index (κ2) is 6.34. The molecule has 0 aromatic rings. The molecule has 3 rings (SSSR count). The van der Waals surface area contributed by atoms with E-state index in [1.54, 1.807) is 0 Å². The minimum absolute atomic E-state index is 0.123. The number of halogens is 1. The fraction of sp³-hybridized carbons (Fsp3) is 0.857. The Hall–Kier alpha value is -1.24. The third-order valence-corrected chi connectivity index (χ3v) is 6.79. The highest BCUT2D eigenvalue weighted by Crippen LogP contribution is 2.27. The van der Waals surface area contributed by atoms with E-state index in [2.05, 4.69) is 6.07 Å². The lowest BCUT2D eigenvalue weighted by Crippen LogP contribution is -2.57. The average Bonchev–Trinajstić information content (AvgIpc) is 2.92. The molecule has 0 aliphatic carbocycles. The predicted octanol–water partition coefficient (Wildman–Crippen LogP) is -0.0310. The normalized spacial score (nSPS) is 30.9. The maximum Gasteiger partial charge on any atom is 0.282 e. The lowest BCUT2D eigenvalue weighted by atomic mass is 9.98. The lowest BCUT2D eigenvalue weighted by molar-refractivity contribution is -0.135. The molecule has 0 N–H and O–H groups in total. The smallest absolute Gasteiger partial charge is 0.282 e. The third-order valence-electron chi connectivity index (χ3n) is 4.86. The molecule has 3 fully saturated rings. The molecule has 3 aliphatic heterocycles. The molecular weight excluding hydrogens is 323 g/mol. The summed E-state index contributed by atoms with van der Waals surface area (Å²) in [6.45, 7) is 1.54. The van der Waals surface area contributed by atoms with Crippen molar-refractivity contribution in [2.75, 3.05) is 39.3 Å². The van der Waals surface area contributed by atoms with Crippen LogP contribution in [0.3, 0.4) is 0 Å². The number of likely N-dealkylation sites (tertiary alicyclic amines) is 1. The van der Waals surface area contributed by atoms with Gasteiger partial charge in [-0.05, 0) is 19.3 Å². The maximum atomic E-state index is 13.3. The van der Waals surface area contributed by atoms with Crippen molar-refractivity contribution >= 4 is 16.1 Å². The van der Waals surface area contributed by atoms with Gasteiger partial charge in [0.05, 0.1) is 24.4 Å². The fourth-order valence-electron chi connectivity index (χ4n) is 3.40. The van der Waals surface area contributed by atoms with Crippen LogP contribution in [0, 0.1) is 23.2 Å². The molecule has 1 amide bonds. The van der Waals surface area contributed by atoms with Crippen molar-refractivity contribution in [2.45, 2.75) is 25.4 Å². The summed E-state index contributed by atoms with van der Waals surface area (Å²) in [7, 11) is -3.60. The SMILES string of the molecule is N#CC1CN(S(=O)(=O)N2CCC[C@H](C(=O)N3CC[C@H](F)C3)C2)C1. The lowest BCUT2D eigenvalue weighted by Gasteiger charge is -2.40. The first-order valence-corrected chi connectivity index (χ1v) is 9.39. The molecule has 9 heteroatoms. The first kappa shape index (κ1) is 16.6. The molecule has 128 valence electrons. The van der Waals surface area contributed by atoms with Crippen molar-refractivity contribution < 1.29 is 17.6 Å². The largest absolute Gasteiger partial charge is 0.339 e. The molecule has 3 saturated heterocycles. The van der Waals surface area contributed by atoms with Crippen LogP contribution < -0.4 is 0 Å². The first-order chi connectivity index (χ1) is 10.9. The molecule has 3 heterocycles. The van der Waals surface area contributed by atoms with Crippen molar-refractivity contribution in [2.24, 2.45) is 11.8 Å². The highest BCUT2D eigenvalue weighted by atomic mass is 32.2. The molecule has 0 aromatic carbocycles. The summed E-state index contributed by atoms with van der Waals surface area (Å²) in [4.78, 5) is 14.0. The van der Waals surface area contributed by atoms with Crippen molar-refractivity contribution in [1.29, 1.82) is 5.26 Å². The van der Waals surface area contributed by atoms with Gasteiger partial charge in [-0.3, -0.25) is 4.79 Å². The van der Waals surface area contributed by atoms with Crippen LogP contribution in [-0.2, 0) is 15.0 Å². The standard InChI is InChI=1S/C14H21FN4O3S/c15-13-3-5-17(10-13)14(20)12-2-1-4-18(9-12)23(21,22)19-7-11(6-16)8-19/h11-13H,1-5,7-10H2/t12-,13-/m0/s1. The second-order valence-corrected chi connectivity index (χ2v) is 8.45. The number of nitriles is 1. The Labute approximate surface area is 135 Å². The van der Waals surface area contributed by atoms with Gasteiger partial charge >= 0.3 is 0 Å². The minimum Gasteiger partial charge on any atom is -0.339 e. The maximum absolute atomic E-state index is 13.3. The molecule has 0 aromatic heterocycles. The highest BCUT2D eigenvalue weighted by Gasteiger charge is 2.42. The molecule has 2 atom stereocenters. The molecule has 0 spiro atoms. The summed E-state index contributed by atoms with van der Waals surface area (Å²) >= 11 is 0. The highest BCUT2D eigenvalue weighted by molar-refractivity contribution is 7.86. The monoisotopic (exact) mass is 344 g/mol. The van der Waals surface area contributed by atoms with Crippen LogP contribution in [0.2, 0.25) is 0 Å². The van der Waals surface area contributed by atoms with Crippen molar-refractivity contribution in [3.05, 3.63) is 0 Å². The summed E-state index contributed by atoms with van der Waals surface area (Å²) in [6, 6.07) is 2.05. The Morgan fingerprint density at radius 1 is 1.09 bits per heavy atom. The number of amides is 1. The predicted molar refractivity (Wildman–Crippen MR) is 80.0 cm³/mol. The quantitative estimate of drug-likeness (QED) is 0.720. The zero-order chi connectivity index (χ0) is 16.6. The van der Waals surface area contributed by atoms with Gasteiger partial charge in [-0.2, -0.15) is 22.3 Å². The van der Waals surface area contributed by atoms with Crippen molar-refractivity contribution in [3.63, 3.8) is 0 Å². The van der Waals surface area contributed by atoms with Crippen LogP contribution in [0.1, 0.15) is 19.3 Å². The summed E-state index contributed by atoms with van der Waals surface area (Å²) in [5, 5.41) is 8.77. The van der Waals surface area contributed by atoms with Gasteiger partial charge in [0.15, 0.2) is 0 Å². The molecule has 3 aliphatic rings. The molecule has 7 nitrogen and oxygen atoms in total. The van der Waals surface area contributed by atoms with Gasteiger partial charge in [-0.25, -0.2) is 4.39 Å². The van der Waals surface area contributed by atoms with Crippen molar-refractivity contribution in [1.82, 2.24) is 13.5 Å². The summed E-state index contributed by atoms with van der Waals surface area (Å²) in [5.41, 5.74) is 0. The number of hydrogen-bond donors (Lipinski definition) is 0. The van der Waals surface area contributed by atoms with E-state index in [0.717, 1.165) is 0 Å². The number of hydrogen-bond acceptors (Lipinski definition) is 4. The Morgan fingerprint density at radius 3 is 2.43 bits per heavy atom. The average molecular weight is 344 g/mol. The number of piperidine rings is 1. The number of rotatable bonds is 3. The van der Waals surface area contributed by atoms with Crippen LogP contribution in [0.25, 0.3) is 0 Å². The van der Waals surface area contributed by atoms with E-state index in [-0.39, 0.29) is 38.0 Å². The van der Waals surface area contributed by atoms with Gasteiger partial charge in [0.2, 0.25) is 5.91 Å². The number of nitrogens with zero attached hydrogens (tertiary/aromatic N) is 4. The molecule has 0 unspecified atom stereocenters. The van der Waals surface area contributed by atoms with E-state index in [4.69, 9.17) is 5.26 Å². The van der Waals surface area contributed by atoms with Crippen LogP contribution >= 0.6 is 0 Å². The van der Waals surface area contributed by atoms with Crippen molar-refractivity contribution in [3.8, 4) is 6.07 Å². The van der Waals surface area contributed by atoms with Gasteiger partial charge < -0.3 is 4.90 Å². The van der Waals surface area contributed by atoms with Gasteiger partial charge in [0.25, 0.3) is 10.2 Å². The minimum atomic E-state index is -3.60. The van der Waals surface area contributed by atoms with E-state index in [1.165, 1.54) is 13.5 Å². The topological polar surface area (TPSA) is 84.7 Å². The van der Waals surface area contributed by atoms with Gasteiger partial charge in [-0.15, -0.1) is 0 Å². The van der Waals surface area contributed by atoms with E-state index in [9.17, 15) is 17.6 Å². The Balaban J connectivity index is 1.62. The molecule has 0 bridgehead atoms. The van der Waals surface area contributed by atoms with Gasteiger partial charge in [0.1, 0.15) is 6.17 Å². The van der Waals surface area contributed by atoms with Crippen LogP contribution in [0.4, 0.5) is 4.39 Å². The Morgan fingerprint density at radius 2 is 1.83 bits per heavy atom. The van der Waals surface area contributed by atoms with E-state index >= 15 is 0 Å². The summed E-state index contributed by atoms with van der Waals surface area (Å²) < 4.78 is 41.0. The van der Waals surface area contributed by atoms with E-state index < -0.39 is 22.3 Å². The second-order valence-electron chi connectivity index (χ2n) is 6.52. The summed E-state index contributed by atoms with van der Waals surface area (Å²) in [5.74, 6) is -0.765. The molecule has 23 heavy (non-hydrogen) atoms. The molecular formula is C14H21FN4O3S. The van der Waals surface area contributed by atoms with E-state index in [1.807, 2.05) is 0 Å². The molecule has 0 radical (unpaired) electrons. The van der Waals surface area contributed by atoms with E-state index in [0.29, 0.717) is 32.4 Å². The van der Waals surface area contributed by atoms with Crippen LogP contribution in [0.15, 0.2) is 0 Å². The fourth-order valence-corrected chi connectivity index (χ4v) is 5.19. The molecule has 0 saturated carbocycles. The zero-order valence-electron chi connectivity index (χ0n) is 12.9. The number of alkyl halides is 1. The summed E-state index contributed by atoms with van der Waals surface area (Å²) in [6.07, 6.45) is 0.660. The van der Waals surface area contributed by atoms with Crippen LogP contribution in [0.5, 0.6) is 0 Å².